The van der Waals surface area contributed by atoms with Gasteiger partial charge in [0.2, 0.25) is 0 Å². The second-order valence-corrected chi connectivity index (χ2v) is 7.93. The predicted octanol–water partition coefficient (Wildman–Crippen LogP) is 3.02. The minimum atomic E-state index is -0.345. The van der Waals surface area contributed by atoms with Crippen LogP contribution in [0.15, 0.2) is 42.5 Å². The summed E-state index contributed by atoms with van der Waals surface area (Å²) in [5, 5.41) is 8.73. The van der Waals surface area contributed by atoms with Crippen LogP contribution < -0.4 is 20.9 Å². The van der Waals surface area contributed by atoms with Gasteiger partial charge in [-0.3, -0.25) is 9.69 Å². The summed E-state index contributed by atoms with van der Waals surface area (Å²) in [6.45, 7) is 6.61. The number of nitrogens with one attached hydrogen (secondary N) is 3. The number of ether oxygens (including phenoxy) is 1. The van der Waals surface area contributed by atoms with Crippen LogP contribution in [0.2, 0.25) is 0 Å². The van der Waals surface area contributed by atoms with Crippen molar-refractivity contribution < 1.29 is 14.3 Å². The zero-order valence-electron chi connectivity index (χ0n) is 19.1. The number of nitrogens with zero attached hydrogens (tertiary/aromatic N) is 2. The summed E-state index contributed by atoms with van der Waals surface area (Å²) in [7, 11) is 3.78. The molecule has 0 spiro atoms. The van der Waals surface area contributed by atoms with Gasteiger partial charge in [0.25, 0.3) is 5.91 Å². The lowest BCUT2D eigenvalue weighted by atomic mass is 10.1. The summed E-state index contributed by atoms with van der Waals surface area (Å²) in [4.78, 5) is 29.6. The van der Waals surface area contributed by atoms with Gasteiger partial charge in [0.15, 0.2) is 0 Å². The van der Waals surface area contributed by atoms with E-state index in [0.29, 0.717) is 17.8 Å². The van der Waals surface area contributed by atoms with E-state index in [4.69, 9.17) is 4.74 Å². The largest absolute Gasteiger partial charge is 0.379 e. The van der Waals surface area contributed by atoms with E-state index in [1.54, 1.807) is 12.1 Å². The number of urea groups is 1. The Morgan fingerprint density at radius 1 is 1.06 bits per heavy atom. The van der Waals surface area contributed by atoms with Gasteiger partial charge in [0, 0.05) is 57.3 Å². The fraction of sp³-hybridized carbons (Fsp3) is 0.417. The number of hydrogen-bond donors (Lipinski definition) is 3. The molecule has 2 aromatic rings. The molecule has 8 heteroatoms. The Hall–Kier alpha value is -3.10. The first kappa shape index (κ1) is 23.6. The number of carbonyl (C=O) groups excluding carboxylic acids is 2. The van der Waals surface area contributed by atoms with Crippen LogP contribution in [-0.2, 0) is 11.2 Å². The molecule has 172 valence electrons. The van der Waals surface area contributed by atoms with Gasteiger partial charge < -0.3 is 25.6 Å². The van der Waals surface area contributed by atoms with Crippen molar-refractivity contribution in [1.29, 1.82) is 0 Å². The van der Waals surface area contributed by atoms with Crippen LogP contribution in [0.25, 0.3) is 0 Å². The van der Waals surface area contributed by atoms with Gasteiger partial charge in [0.05, 0.1) is 18.8 Å². The Kier molecular flexibility index (Phi) is 8.47. The van der Waals surface area contributed by atoms with Crippen LogP contribution in [0.4, 0.5) is 21.9 Å². The van der Waals surface area contributed by atoms with Crippen molar-refractivity contribution in [2.75, 3.05) is 69.0 Å². The molecule has 32 heavy (non-hydrogen) atoms. The van der Waals surface area contributed by atoms with Crippen molar-refractivity contribution in [3.63, 3.8) is 0 Å². The van der Waals surface area contributed by atoms with Crippen molar-refractivity contribution in [3.05, 3.63) is 53.6 Å². The van der Waals surface area contributed by atoms with Crippen molar-refractivity contribution >= 4 is 29.0 Å². The molecule has 0 saturated carbocycles. The molecule has 1 saturated heterocycles. The second kappa shape index (κ2) is 11.5. The van der Waals surface area contributed by atoms with Gasteiger partial charge in [-0.25, -0.2) is 4.79 Å². The molecule has 0 aliphatic carbocycles. The molecule has 8 nitrogen and oxygen atoms in total. The molecule has 1 aliphatic rings. The third kappa shape index (κ3) is 6.45. The summed E-state index contributed by atoms with van der Waals surface area (Å²) < 4.78 is 5.36. The monoisotopic (exact) mass is 439 g/mol. The van der Waals surface area contributed by atoms with Crippen LogP contribution >= 0.6 is 0 Å². The maximum Gasteiger partial charge on any atom is 0.323 e. The van der Waals surface area contributed by atoms with E-state index < -0.39 is 0 Å². The van der Waals surface area contributed by atoms with Crippen molar-refractivity contribution in [3.8, 4) is 0 Å². The Morgan fingerprint density at radius 2 is 1.81 bits per heavy atom. The molecular formula is C24H33N5O3. The molecule has 0 aromatic heterocycles. The quantitative estimate of drug-likeness (QED) is 0.589. The average molecular weight is 440 g/mol. The molecule has 3 amide bonds. The number of morpholine rings is 1. The average Bonchev–Trinajstić information content (AvgIpc) is 2.79. The Balaban J connectivity index is 1.65. The molecule has 3 N–H and O–H groups in total. The Bertz CT molecular complexity index is 926. The predicted molar refractivity (Wildman–Crippen MR) is 129 cm³/mol. The summed E-state index contributed by atoms with van der Waals surface area (Å²) in [5.74, 6) is -0.164. The molecule has 0 atom stereocenters. The van der Waals surface area contributed by atoms with Crippen LogP contribution in [0.3, 0.4) is 0 Å². The maximum absolute atomic E-state index is 12.9. The van der Waals surface area contributed by atoms with E-state index in [1.807, 2.05) is 56.3 Å². The first-order valence-electron chi connectivity index (χ1n) is 11.0. The van der Waals surface area contributed by atoms with Gasteiger partial charge in [-0.05, 0) is 36.2 Å². The Morgan fingerprint density at radius 3 is 2.53 bits per heavy atom. The molecule has 0 unspecified atom stereocenters. The van der Waals surface area contributed by atoms with E-state index in [0.717, 1.165) is 56.2 Å². The van der Waals surface area contributed by atoms with E-state index in [-0.39, 0.29) is 11.9 Å². The van der Waals surface area contributed by atoms with E-state index in [2.05, 4.69) is 20.9 Å². The molecule has 0 bridgehead atoms. The van der Waals surface area contributed by atoms with Gasteiger partial charge in [0.1, 0.15) is 0 Å². The number of anilines is 3. The molecule has 1 heterocycles. The normalized spacial score (nSPS) is 14.0. The highest BCUT2D eigenvalue weighted by Gasteiger charge is 2.16. The van der Waals surface area contributed by atoms with Gasteiger partial charge in [-0.2, -0.15) is 0 Å². The minimum absolute atomic E-state index is 0.164. The van der Waals surface area contributed by atoms with Gasteiger partial charge in [-0.1, -0.05) is 25.1 Å². The maximum atomic E-state index is 12.9. The van der Waals surface area contributed by atoms with Crippen LogP contribution in [0.1, 0.15) is 22.8 Å². The van der Waals surface area contributed by atoms with E-state index in [9.17, 15) is 9.59 Å². The summed E-state index contributed by atoms with van der Waals surface area (Å²) in [6, 6.07) is 12.7. The van der Waals surface area contributed by atoms with Crippen LogP contribution in [0.5, 0.6) is 0 Å². The number of hydrogen-bond acceptors (Lipinski definition) is 5. The van der Waals surface area contributed by atoms with Gasteiger partial charge >= 0.3 is 6.03 Å². The lowest BCUT2D eigenvalue weighted by Crippen LogP contribution is -2.41. The summed E-state index contributed by atoms with van der Waals surface area (Å²) in [5.41, 5.74) is 3.70. The standard InChI is InChI=1S/C24H33N5O3/c1-4-18-7-5-6-8-21(18)27-24(31)26-19-9-10-22(28(2)3)20(17-19)23(30)25-11-12-29-13-15-32-16-14-29/h5-10,17H,4,11-16H2,1-3H3,(H,25,30)(H2,26,27,31). The number of aryl methyl sites for hydroxylation is 1. The van der Waals surface area contributed by atoms with Gasteiger partial charge in [-0.15, -0.1) is 0 Å². The smallest absolute Gasteiger partial charge is 0.323 e. The first-order chi connectivity index (χ1) is 15.5. The van der Waals surface area contributed by atoms with Crippen molar-refractivity contribution in [1.82, 2.24) is 10.2 Å². The first-order valence-corrected chi connectivity index (χ1v) is 11.0. The molecule has 1 aliphatic heterocycles. The SMILES string of the molecule is CCc1ccccc1NC(=O)Nc1ccc(N(C)C)c(C(=O)NCCN2CCOCC2)c1. The summed E-state index contributed by atoms with van der Waals surface area (Å²) in [6.07, 6.45) is 0.822. The third-order valence-corrected chi connectivity index (χ3v) is 5.44. The fourth-order valence-electron chi connectivity index (χ4n) is 3.67. The lowest BCUT2D eigenvalue weighted by Gasteiger charge is -2.26. The Labute approximate surface area is 189 Å². The number of carbonyl (C=O) groups is 2. The zero-order valence-corrected chi connectivity index (χ0v) is 19.1. The molecule has 1 fully saturated rings. The highest BCUT2D eigenvalue weighted by molar-refractivity contribution is 6.04. The minimum Gasteiger partial charge on any atom is -0.379 e. The highest BCUT2D eigenvalue weighted by Crippen LogP contribution is 2.23. The second-order valence-electron chi connectivity index (χ2n) is 7.93. The lowest BCUT2D eigenvalue weighted by molar-refractivity contribution is 0.0383. The number of rotatable bonds is 8. The zero-order chi connectivity index (χ0) is 22.9. The summed E-state index contributed by atoms with van der Waals surface area (Å²) >= 11 is 0. The topological polar surface area (TPSA) is 85.9 Å². The molecular weight excluding hydrogens is 406 g/mol. The third-order valence-electron chi connectivity index (χ3n) is 5.44. The molecule has 2 aromatic carbocycles. The fourth-order valence-corrected chi connectivity index (χ4v) is 3.67. The molecule has 0 radical (unpaired) electrons. The van der Waals surface area contributed by atoms with Crippen LogP contribution in [-0.4, -0.2) is 70.3 Å². The van der Waals surface area contributed by atoms with E-state index in [1.165, 1.54) is 0 Å². The van der Waals surface area contributed by atoms with E-state index >= 15 is 0 Å². The van der Waals surface area contributed by atoms with Crippen molar-refractivity contribution in [2.24, 2.45) is 0 Å². The highest BCUT2D eigenvalue weighted by atomic mass is 16.5. The number of benzene rings is 2. The van der Waals surface area contributed by atoms with Crippen molar-refractivity contribution in [2.45, 2.75) is 13.3 Å². The number of amides is 3. The molecule has 3 rings (SSSR count). The van der Waals surface area contributed by atoms with Crippen LogP contribution in [0, 0.1) is 0 Å². The number of para-hydroxylation sites is 1.